The molecule has 4 rings (SSSR count). The molecule has 4 atom stereocenters. The molecule has 3 heterocycles. The molecular weight excluding hydrogens is 354 g/mol. The molecule has 0 saturated carbocycles. The highest BCUT2D eigenvalue weighted by Crippen LogP contribution is 2.36. The summed E-state index contributed by atoms with van der Waals surface area (Å²) in [7, 11) is 0. The van der Waals surface area contributed by atoms with Crippen LogP contribution in [0.5, 0.6) is 0 Å². The van der Waals surface area contributed by atoms with Gasteiger partial charge in [0, 0.05) is 5.56 Å². The van der Waals surface area contributed by atoms with E-state index in [1.54, 1.807) is 24.3 Å². The maximum Gasteiger partial charge on any atom is 0.168 e. The van der Waals surface area contributed by atoms with Gasteiger partial charge in [-0.1, -0.05) is 24.3 Å². The summed E-state index contributed by atoms with van der Waals surface area (Å²) in [5.41, 5.74) is 7.98. The number of hydrogen-bond donors (Lipinski definition) is 5. The first-order valence-electron chi connectivity index (χ1n) is 8.36. The lowest BCUT2D eigenvalue weighted by Gasteiger charge is -2.19. The Bertz CT molecular complexity index is 960. The van der Waals surface area contributed by atoms with Crippen molar-refractivity contribution in [1.29, 1.82) is 0 Å². The minimum absolute atomic E-state index is 0.0933. The third kappa shape index (κ3) is 2.83. The fourth-order valence-electron chi connectivity index (χ4n) is 3.22. The summed E-state index contributed by atoms with van der Waals surface area (Å²) < 4.78 is 7.20. The number of aromatic nitrogens is 4. The van der Waals surface area contributed by atoms with Gasteiger partial charge in [-0.3, -0.25) is 4.57 Å². The fourth-order valence-corrected chi connectivity index (χ4v) is 3.22. The molecule has 0 aliphatic carbocycles. The van der Waals surface area contributed by atoms with Crippen LogP contribution in [-0.2, 0) is 11.3 Å². The second kappa shape index (κ2) is 6.83. The predicted molar refractivity (Wildman–Crippen MR) is 94.1 cm³/mol. The summed E-state index contributed by atoms with van der Waals surface area (Å²) >= 11 is 0. The van der Waals surface area contributed by atoms with Crippen molar-refractivity contribution in [3.8, 4) is 11.4 Å². The van der Waals surface area contributed by atoms with Crippen molar-refractivity contribution in [3.63, 3.8) is 0 Å². The van der Waals surface area contributed by atoms with Crippen molar-refractivity contribution < 1.29 is 25.2 Å². The molecule has 0 bridgehead atoms. The number of aliphatic hydroxyl groups is 4. The Balaban J connectivity index is 1.91. The van der Waals surface area contributed by atoms with Crippen LogP contribution in [0.15, 0.2) is 30.6 Å². The summed E-state index contributed by atoms with van der Waals surface area (Å²) in [4.78, 5) is 12.7. The fraction of sp³-hybridized carbons (Fsp3) is 0.353. The molecule has 2 aromatic heterocycles. The highest BCUT2D eigenvalue weighted by atomic mass is 16.6. The van der Waals surface area contributed by atoms with E-state index in [4.69, 9.17) is 10.5 Å². The molecule has 3 aromatic rings. The number of fused-ring (bicyclic) bond motifs is 1. The van der Waals surface area contributed by atoms with Gasteiger partial charge < -0.3 is 30.9 Å². The van der Waals surface area contributed by atoms with Crippen LogP contribution < -0.4 is 5.73 Å². The van der Waals surface area contributed by atoms with E-state index in [9.17, 15) is 20.4 Å². The zero-order chi connectivity index (χ0) is 19.1. The molecule has 0 radical (unpaired) electrons. The Morgan fingerprint density at radius 2 is 1.81 bits per heavy atom. The normalized spacial score (nSPS) is 25.3. The summed E-state index contributed by atoms with van der Waals surface area (Å²) in [6.07, 6.45) is -3.25. The van der Waals surface area contributed by atoms with Crippen molar-refractivity contribution in [2.75, 3.05) is 12.3 Å². The van der Waals surface area contributed by atoms with Crippen LogP contribution in [0.2, 0.25) is 0 Å². The Morgan fingerprint density at radius 3 is 2.44 bits per heavy atom. The smallest absolute Gasteiger partial charge is 0.168 e. The van der Waals surface area contributed by atoms with Gasteiger partial charge in [0.05, 0.1) is 13.2 Å². The maximum absolute atomic E-state index is 10.5. The number of imidazole rings is 1. The van der Waals surface area contributed by atoms with Crippen LogP contribution in [0.4, 0.5) is 5.82 Å². The number of nitrogens with zero attached hydrogens (tertiary/aromatic N) is 4. The highest BCUT2D eigenvalue weighted by Gasteiger charge is 2.45. The van der Waals surface area contributed by atoms with Gasteiger partial charge in [-0.15, -0.1) is 0 Å². The van der Waals surface area contributed by atoms with Gasteiger partial charge in [-0.25, -0.2) is 15.0 Å². The van der Waals surface area contributed by atoms with Gasteiger partial charge in [-0.2, -0.15) is 0 Å². The molecule has 27 heavy (non-hydrogen) atoms. The van der Waals surface area contributed by atoms with Crippen LogP contribution in [0.1, 0.15) is 11.8 Å². The van der Waals surface area contributed by atoms with Gasteiger partial charge in [0.15, 0.2) is 23.2 Å². The predicted octanol–water partition coefficient (Wildman–Crippen LogP) is -0.821. The summed E-state index contributed by atoms with van der Waals surface area (Å²) in [6.45, 7) is -0.539. The zero-order valence-electron chi connectivity index (χ0n) is 14.2. The first-order valence-corrected chi connectivity index (χ1v) is 8.36. The Labute approximate surface area is 153 Å². The summed E-state index contributed by atoms with van der Waals surface area (Å²) in [6, 6.07) is 7.00. The van der Waals surface area contributed by atoms with Gasteiger partial charge >= 0.3 is 0 Å². The number of ether oxygens (including phenoxy) is 1. The number of benzene rings is 1. The molecule has 10 heteroatoms. The summed E-state index contributed by atoms with van der Waals surface area (Å²) in [5.74, 6) is 0.565. The Hall–Kier alpha value is -2.63. The van der Waals surface area contributed by atoms with Crippen LogP contribution in [-0.4, -0.2) is 64.9 Å². The second-order valence-electron chi connectivity index (χ2n) is 6.32. The molecule has 4 unspecified atom stereocenters. The first-order chi connectivity index (χ1) is 13.0. The monoisotopic (exact) mass is 373 g/mol. The van der Waals surface area contributed by atoms with E-state index >= 15 is 0 Å². The Morgan fingerprint density at radius 1 is 1.07 bits per heavy atom. The van der Waals surface area contributed by atoms with Gasteiger partial charge in [0.2, 0.25) is 0 Å². The number of aliphatic hydroxyl groups excluding tert-OH is 4. The SMILES string of the molecule is Nc1ncnc2c1nc(-c1ccc(CO)cc1)n2C1OC(CO)C(O)C1O. The van der Waals surface area contributed by atoms with Crippen molar-refractivity contribution >= 4 is 17.0 Å². The highest BCUT2D eigenvalue weighted by molar-refractivity contribution is 5.85. The molecule has 0 amide bonds. The standard InChI is InChI=1S/C17H19N5O5/c18-14-11-16(20-7-19-14)22(17-13(26)12(25)10(6-24)27-17)15(21-11)9-3-1-8(5-23)2-4-9/h1-4,7,10,12-13,17,23-26H,5-6H2,(H2,18,19,20). The second-order valence-corrected chi connectivity index (χ2v) is 6.32. The van der Waals surface area contributed by atoms with Crippen molar-refractivity contribution in [2.45, 2.75) is 31.1 Å². The largest absolute Gasteiger partial charge is 0.394 e. The van der Waals surface area contributed by atoms with Crippen molar-refractivity contribution in [2.24, 2.45) is 0 Å². The molecule has 10 nitrogen and oxygen atoms in total. The number of nitrogens with two attached hydrogens (primary N) is 1. The average molecular weight is 373 g/mol. The van der Waals surface area contributed by atoms with E-state index in [1.165, 1.54) is 10.9 Å². The lowest BCUT2D eigenvalue weighted by molar-refractivity contribution is -0.0503. The Kier molecular flexibility index (Phi) is 4.50. The minimum Gasteiger partial charge on any atom is -0.394 e. The lowest BCUT2D eigenvalue weighted by atomic mass is 10.1. The third-order valence-electron chi connectivity index (χ3n) is 4.67. The van der Waals surface area contributed by atoms with Gasteiger partial charge in [-0.05, 0) is 5.56 Å². The quantitative estimate of drug-likeness (QED) is 0.393. The van der Waals surface area contributed by atoms with Gasteiger partial charge in [0.25, 0.3) is 0 Å². The lowest BCUT2D eigenvalue weighted by Crippen LogP contribution is -2.33. The number of hydrogen-bond acceptors (Lipinski definition) is 9. The van der Waals surface area contributed by atoms with Crippen LogP contribution in [0, 0.1) is 0 Å². The minimum atomic E-state index is -1.30. The van der Waals surface area contributed by atoms with Crippen molar-refractivity contribution in [1.82, 2.24) is 19.5 Å². The molecule has 0 spiro atoms. The first kappa shape index (κ1) is 17.8. The van der Waals surface area contributed by atoms with Gasteiger partial charge in [0.1, 0.15) is 30.5 Å². The van der Waals surface area contributed by atoms with Crippen LogP contribution >= 0.6 is 0 Å². The number of anilines is 1. The zero-order valence-corrected chi connectivity index (χ0v) is 14.2. The van der Waals surface area contributed by atoms with E-state index in [2.05, 4.69) is 15.0 Å². The van der Waals surface area contributed by atoms with E-state index in [-0.39, 0.29) is 12.4 Å². The molecule has 1 aromatic carbocycles. The molecule has 142 valence electrons. The molecule has 1 aliphatic heterocycles. The molecular formula is C17H19N5O5. The molecule has 1 fully saturated rings. The average Bonchev–Trinajstić information content (AvgIpc) is 3.21. The molecule has 1 saturated heterocycles. The van der Waals surface area contributed by atoms with Crippen LogP contribution in [0.25, 0.3) is 22.6 Å². The van der Waals surface area contributed by atoms with Crippen LogP contribution in [0.3, 0.4) is 0 Å². The van der Waals surface area contributed by atoms with E-state index in [0.717, 1.165) is 5.56 Å². The number of nitrogen functional groups attached to an aromatic ring is 1. The molecule has 6 N–H and O–H groups in total. The van der Waals surface area contributed by atoms with E-state index in [1.807, 2.05) is 0 Å². The van der Waals surface area contributed by atoms with E-state index < -0.39 is 31.1 Å². The van der Waals surface area contributed by atoms with Crippen molar-refractivity contribution in [3.05, 3.63) is 36.2 Å². The van der Waals surface area contributed by atoms with E-state index in [0.29, 0.717) is 22.6 Å². The third-order valence-corrected chi connectivity index (χ3v) is 4.67. The maximum atomic E-state index is 10.5. The topological polar surface area (TPSA) is 160 Å². The molecule has 1 aliphatic rings. The number of rotatable bonds is 4. The summed E-state index contributed by atoms with van der Waals surface area (Å²) in [5, 5.41) is 39.2.